The molecule has 0 aliphatic carbocycles. The SMILES string of the molecule is C#Cc1cncc(C)c1CN. The van der Waals surface area contributed by atoms with Gasteiger partial charge in [-0.2, -0.15) is 0 Å². The standard InChI is InChI=1S/C9H10N2/c1-3-8-6-11-5-7(2)9(8)4-10/h1,5-6H,4,10H2,2H3. The molecule has 2 N–H and O–H groups in total. The van der Waals surface area contributed by atoms with E-state index in [4.69, 9.17) is 12.2 Å². The summed E-state index contributed by atoms with van der Waals surface area (Å²) in [5.41, 5.74) is 8.38. The molecule has 0 aliphatic heterocycles. The molecule has 1 rings (SSSR count). The molecule has 0 unspecified atom stereocenters. The van der Waals surface area contributed by atoms with Gasteiger partial charge < -0.3 is 5.73 Å². The molecular formula is C9H10N2. The summed E-state index contributed by atoms with van der Waals surface area (Å²) in [4.78, 5) is 3.97. The van der Waals surface area contributed by atoms with Gasteiger partial charge in [0.15, 0.2) is 0 Å². The normalized spacial score (nSPS) is 9.18. The zero-order chi connectivity index (χ0) is 8.27. The lowest BCUT2D eigenvalue weighted by Gasteiger charge is -2.03. The molecular weight excluding hydrogens is 136 g/mol. The molecule has 0 bridgehead atoms. The smallest absolute Gasteiger partial charge is 0.0473 e. The minimum absolute atomic E-state index is 0.480. The van der Waals surface area contributed by atoms with Crippen molar-refractivity contribution in [2.45, 2.75) is 13.5 Å². The zero-order valence-corrected chi connectivity index (χ0v) is 6.46. The van der Waals surface area contributed by atoms with Gasteiger partial charge in [-0.05, 0) is 18.1 Å². The number of hydrogen-bond donors (Lipinski definition) is 1. The van der Waals surface area contributed by atoms with Gasteiger partial charge in [-0.15, -0.1) is 6.42 Å². The Bertz CT molecular complexity index is 297. The first kappa shape index (κ1) is 7.77. The fourth-order valence-electron chi connectivity index (χ4n) is 0.987. The van der Waals surface area contributed by atoms with E-state index in [9.17, 15) is 0 Å². The first-order valence-corrected chi connectivity index (χ1v) is 3.39. The van der Waals surface area contributed by atoms with Crippen LogP contribution < -0.4 is 5.73 Å². The summed E-state index contributed by atoms with van der Waals surface area (Å²) in [7, 11) is 0. The molecule has 1 heterocycles. The summed E-state index contributed by atoms with van der Waals surface area (Å²) in [6.07, 6.45) is 8.68. The second kappa shape index (κ2) is 3.18. The highest BCUT2D eigenvalue weighted by Crippen LogP contribution is 2.09. The highest BCUT2D eigenvalue weighted by atomic mass is 14.6. The van der Waals surface area contributed by atoms with Crippen molar-refractivity contribution >= 4 is 0 Å². The zero-order valence-electron chi connectivity index (χ0n) is 6.46. The van der Waals surface area contributed by atoms with Gasteiger partial charge in [0.2, 0.25) is 0 Å². The van der Waals surface area contributed by atoms with Crippen molar-refractivity contribution in [2.24, 2.45) is 5.73 Å². The fourth-order valence-corrected chi connectivity index (χ4v) is 0.987. The quantitative estimate of drug-likeness (QED) is 0.596. The fraction of sp³-hybridized carbons (Fsp3) is 0.222. The first-order chi connectivity index (χ1) is 5.29. The van der Waals surface area contributed by atoms with E-state index in [1.807, 2.05) is 6.92 Å². The first-order valence-electron chi connectivity index (χ1n) is 3.39. The van der Waals surface area contributed by atoms with E-state index < -0.39 is 0 Å². The lowest BCUT2D eigenvalue weighted by atomic mass is 10.1. The molecule has 2 heteroatoms. The largest absolute Gasteiger partial charge is 0.326 e. The molecule has 56 valence electrons. The Hall–Kier alpha value is -1.33. The van der Waals surface area contributed by atoms with Crippen LogP contribution in [0.5, 0.6) is 0 Å². The van der Waals surface area contributed by atoms with Crippen LogP contribution in [0.4, 0.5) is 0 Å². The Morgan fingerprint density at radius 1 is 1.64 bits per heavy atom. The average molecular weight is 146 g/mol. The van der Waals surface area contributed by atoms with Gasteiger partial charge in [-0.25, -0.2) is 0 Å². The van der Waals surface area contributed by atoms with Crippen molar-refractivity contribution in [3.8, 4) is 12.3 Å². The highest BCUT2D eigenvalue weighted by Gasteiger charge is 2.00. The van der Waals surface area contributed by atoms with Crippen LogP contribution in [0.25, 0.3) is 0 Å². The minimum Gasteiger partial charge on any atom is -0.326 e. The van der Waals surface area contributed by atoms with Crippen LogP contribution in [-0.2, 0) is 6.54 Å². The van der Waals surface area contributed by atoms with E-state index in [-0.39, 0.29) is 0 Å². The van der Waals surface area contributed by atoms with Gasteiger partial charge in [0.1, 0.15) is 0 Å². The number of hydrogen-bond acceptors (Lipinski definition) is 2. The summed E-state index contributed by atoms with van der Waals surface area (Å²) >= 11 is 0. The lowest BCUT2D eigenvalue weighted by Crippen LogP contribution is -2.02. The van der Waals surface area contributed by atoms with Crippen LogP contribution in [0.1, 0.15) is 16.7 Å². The Morgan fingerprint density at radius 3 is 2.82 bits per heavy atom. The van der Waals surface area contributed by atoms with Crippen molar-refractivity contribution in [3.05, 3.63) is 29.1 Å². The molecule has 0 aromatic carbocycles. The molecule has 0 saturated heterocycles. The maximum atomic E-state index is 5.50. The average Bonchev–Trinajstić information content (AvgIpc) is 2.04. The number of nitrogens with two attached hydrogens (primary N) is 1. The third-order valence-electron chi connectivity index (χ3n) is 1.63. The molecule has 0 atom stereocenters. The molecule has 0 amide bonds. The number of pyridine rings is 1. The summed E-state index contributed by atoms with van der Waals surface area (Å²) in [6, 6.07) is 0. The van der Waals surface area contributed by atoms with E-state index >= 15 is 0 Å². The maximum absolute atomic E-state index is 5.50. The Morgan fingerprint density at radius 2 is 2.36 bits per heavy atom. The van der Waals surface area contributed by atoms with Crippen LogP contribution >= 0.6 is 0 Å². The van der Waals surface area contributed by atoms with Gasteiger partial charge in [0.25, 0.3) is 0 Å². The van der Waals surface area contributed by atoms with E-state index in [0.717, 1.165) is 16.7 Å². The molecule has 0 fully saturated rings. The number of terminal acetylenes is 1. The van der Waals surface area contributed by atoms with Crippen molar-refractivity contribution in [1.82, 2.24) is 4.98 Å². The van der Waals surface area contributed by atoms with Gasteiger partial charge in [0, 0.05) is 24.5 Å². The molecule has 0 aliphatic rings. The Labute approximate surface area is 66.4 Å². The van der Waals surface area contributed by atoms with E-state index in [1.165, 1.54) is 0 Å². The predicted octanol–water partition coefficient (Wildman–Crippen LogP) is 0.830. The van der Waals surface area contributed by atoms with E-state index in [1.54, 1.807) is 12.4 Å². The van der Waals surface area contributed by atoms with Gasteiger partial charge in [0.05, 0.1) is 0 Å². The van der Waals surface area contributed by atoms with Crippen LogP contribution in [0, 0.1) is 19.3 Å². The third kappa shape index (κ3) is 1.39. The highest BCUT2D eigenvalue weighted by molar-refractivity contribution is 5.41. The Kier molecular flexibility index (Phi) is 2.25. The van der Waals surface area contributed by atoms with E-state index in [0.29, 0.717) is 6.54 Å². The summed E-state index contributed by atoms with van der Waals surface area (Å²) in [6.45, 7) is 2.43. The van der Waals surface area contributed by atoms with Crippen molar-refractivity contribution < 1.29 is 0 Å². The Balaban J connectivity index is 3.27. The second-order valence-electron chi connectivity index (χ2n) is 2.33. The summed E-state index contributed by atoms with van der Waals surface area (Å²) < 4.78 is 0. The number of aryl methyl sites for hydroxylation is 1. The van der Waals surface area contributed by atoms with Gasteiger partial charge >= 0.3 is 0 Å². The number of rotatable bonds is 1. The third-order valence-corrected chi connectivity index (χ3v) is 1.63. The summed E-state index contributed by atoms with van der Waals surface area (Å²) in [5.74, 6) is 2.54. The maximum Gasteiger partial charge on any atom is 0.0473 e. The van der Waals surface area contributed by atoms with Crippen LogP contribution in [0.2, 0.25) is 0 Å². The lowest BCUT2D eigenvalue weighted by molar-refractivity contribution is 1.02. The van der Waals surface area contributed by atoms with Gasteiger partial charge in [-0.3, -0.25) is 4.98 Å². The molecule has 0 radical (unpaired) electrons. The topological polar surface area (TPSA) is 38.9 Å². The van der Waals surface area contributed by atoms with Gasteiger partial charge in [-0.1, -0.05) is 5.92 Å². The molecule has 1 aromatic heterocycles. The van der Waals surface area contributed by atoms with E-state index in [2.05, 4.69) is 10.9 Å². The monoisotopic (exact) mass is 146 g/mol. The molecule has 0 spiro atoms. The molecule has 1 aromatic rings. The van der Waals surface area contributed by atoms with Crippen LogP contribution in [0.15, 0.2) is 12.4 Å². The van der Waals surface area contributed by atoms with Crippen molar-refractivity contribution in [1.29, 1.82) is 0 Å². The second-order valence-corrected chi connectivity index (χ2v) is 2.33. The van der Waals surface area contributed by atoms with Crippen LogP contribution in [0.3, 0.4) is 0 Å². The van der Waals surface area contributed by atoms with Crippen LogP contribution in [-0.4, -0.2) is 4.98 Å². The number of aromatic nitrogens is 1. The minimum atomic E-state index is 0.480. The predicted molar refractivity (Wildman–Crippen MR) is 44.8 cm³/mol. The van der Waals surface area contributed by atoms with Crippen molar-refractivity contribution in [2.75, 3.05) is 0 Å². The summed E-state index contributed by atoms with van der Waals surface area (Å²) in [5, 5.41) is 0. The number of nitrogens with zero attached hydrogens (tertiary/aromatic N) is 1. The molecule has 2 nitrogen and oxygen atoms in total. The van der Waals surface area contributed by atoms with Crippen molar-refractivity contribution in [3.63, 3.8) is 0 Å². The molecule has 0 saturated carbocycles. The molecule has 11 heavy (non-hydrogen) atoms.